The normalized spacial score (nSPS) is 16.2. The Hall–Kier alpha value is -2.96. The fourth-order valence-electron chi connectivity index (χ4n) is 5.03. The van der Waals surface area contributed by atoms with Gasteiger partial charge in [-0.3, -0.25) is 14.5 Å². The highest BCUT2D eigenvalue weighted by atomic mass is 32.1. The van der Waals surface area contributed by atoms with E-state index in [9.17, 15) is 9.59 Å². The lowest BCUT2D eigenvalue weighted by Gasteiger charge is -2.35. The van der Waals surface area contributed by atoms with Crippen molar-refractivity contribution in [2.24, 2.45) is 0 Å². The van der Waals surface area contributed by atoms with Crippen molar-refractivity contribution >= 4 is 33.7 Å². The number of hydrogen-bond acceptors (Lipinski definition) is 5. The van der Waals surface area contributed by atoms with Crippen molar-refractivity contribution in [3.8, 4) is 0 Å². The molecule has 2 aliphatic rings. The van der Waals surface area contributed by atoms with Gasteiger partial charge in [-0.2, -0.15) is 0 Å². The molecule has 176 valence electrons. The van der Waals surface area contributed by atoms with Gasteiger partial charge in [-0.15, -0.1) is 11.3 Å². The predicted octanol–water partition coefficient (Wildman–Crippen LogP) is 4.93. The Balaban J connectivity index is 1.29. The molecule has 3 aromatic rings. The Bertz CT molecular complexity index is 1180. The van der Waals surface area contributed by atoms with Crippen LogP contribution >= 0.6 is 11.3 Å². The molecular weight excluding hydrogens is 442 g/mol. The highest BCUT2D eigenvalue weighted by Crippen LogP contribution is 2.39. The van der Waals surface area contributed by atoms with Gasteiger partial charge >= 0.3 is 0 Å². The van der Waals surface area contributed by atoms with Gasteiger partial charge in [-0.25, -0.2) is 0 Å². The first-order chi connectivity index (χ1) is 16.6. The van der Waals surface area contributed by atoms with Crippen molar-refractivity contribution in [1.82, 2.24) is 4.90 Å². The van der Waals surface area contributed by atoms with Crippen molar-refractivity contribution in [3.05, 3.63) is 81.7 Å². The third kappa shape index (κ3) is 4.79. The number of para-hydroxylation sites is 1. The predicted molar refractivity (Wildman–Crippen MR) is 139 cm³/mol. The number of nitrogens with one attached hydrogen (secondary N) is 1. The molecule has 1 amide bonds. The van der Waals surface area contributed by atoms with E-state index in [1.54, 1.807) is 11.3 Å². The van der Waals surface area contributed by atoms with Gasteiger partial charge in [0, 0.05) is 42.3 Å². The molecular formula is C28H31N3O2S. The van der Waals surface area contributed by atoms with Crippen LogP contribution in [0.4, 0.5) is 10.7 Å². The van der Waals surface area contributed by atoms with Gasteiger partial charge in [0.05, 0.1) is 12.1 Å². The average molecular weight is 474 g/mol. The van der Waals surface area contributed by atoms with Crippen LogP contribution in [0, 0.1) is 6.92 Å². The highest BCUT2D eigenvalue weighted by molar-refractivity contribution is 7.17. The Morgan fingerprint density at radius 2 is 1.62 bits per heavy atom. The molecule has 0 radical (unpaired) electrons. The summed E-state index contributed by atoms with van der Waals surface area (Å²) < 4.78 is 0. The molecule has 2 heterocycles. The van der Waals surface area contributed by atoms with E-state index in [1.807, 2.05) is 37.3 Å². The third-order valence-electron chi connectivity index (χ3n) is 6.90. The van der Waals surface area contributed by atoms with Gasteiger partial charge in [-0.1, -0.05) is 42.5 Å². The number of fused-ring (bicyclic) bond motifs is 1. The number of anilines is 2. The quantitative estimate of drug-likeness (QED) is 0.516. The molecule has 0 unspecified atom stereocenters. The van der Waals surface area contributed by atoms with E-state index in [0.717, 1.165) is 79.1 Å². The number of hydrogen-bond donors (Lipinski definition) is 1. The summed E-state index contributed by atoms with van der Waals surface area (Å²) in [4.78, 5) is 32.5. The molecule has 0 spiro atoms. The zero-order valence-corrected chi connectivity index (χ0v) is 20.5. The first-order valence-electron chi connectivity index (χ1n) is 12.2. The summed E-state index contributed by atoms with van der Waals surface area (Å²) in [6.45, 7) is 5.82. The van der Waals surface area contributed by atoms with Gasteiger partial charge in [0.25, 0.3) is 0 Å². The molecule has 5 rings (SSSR count). The first-order valence-corrected chi connectivity index (χ1v) is 13.0. The summed E-state index contributed by atoms with van der Waals surface area (Å²) in [6.07, 6.45) is 4.14. The lowest BCUT2D eigenvalue weighted by atomic mass is 9.91. The van der Waals surface area contributed by atoms with E-state index in [4.69, 9.17) is 0 Å². The molecule has 6 heteroatoms. The molecule has 1 aliphatic heterocycles. The SMILES string of the molecule is Cc1ccccc1C(=O)c1c(NC(=O)CN2CCN(c3ccccc3)CC2)sc2c1CCCC2. The molecule has 5 nitrogen and oxygen atoms in total. The maximum Gasteiger partial charge on any atom is 0.239 e. The number of rotatable bonds is 6. The summed E-state index contributed by atoms with van der Waals surface area (Å²) in [5.74, 6) is -0.00475. The molecule has 0 bridgehead atoms. The fourth-order valence-corrected chi connectivity index (χ4v) is 6.33. The molecule has 1 aliphatic carbocycles. The first kappa shape index (κ1) is 22.8. The molecule has 0 saturated carbocycles. The standard InChI is InChI=1S/C28H31N3O2S/c1-20-9-5-6-12-22(20)27(33)26-23-13-7-8-14-24(23)34-28(26)29-25(32)19-30-15-17-31(18-16-30)21-10-3-2-4-11-21/h2-6,9-12H,7-8,13-19H2,1H3,(H,29,32). The average Bonchev–Trinajstić information content (AvgIpc) is 3.22. The van der Waals surface area contributed by atoms with Crippen molar-refractivity contribution < 1.29 is 9.59 Å². The van der Waals surface area contributed by atoms with E-state index in [1.165, 1.54) is 10.6 Å². The molecule has 1 saturated heterocycles. The van der Waals surface area contributed by atoms with Crippen LogP contribution in [-0.2, 0) is 17.6 Å². The maximum atomic E-state index is 13.6. The van der Waals surface area contributed by atoms with Gasteiger partial charge in [0.15, 0.2) is 5.78 Å². The molecule has 34 heavy (non-hydrogen) atoms. The van der Waals surface area contributed by atoms with E-state index < -0.39 is 0 Å². The van der Waals surface area contributed by atoms with E-state index in [2.05, 4.69) is 39.4 Å². The second-order valence-corrected chi connectivity index (χ2v) is 10.3. The largest absolute Gasteiger partial charge is 0.369 e. The van der Waals surface area contributed by atoms with Crippen LogP contribution in [0.1, 0.15) is 44.8 Å². The number of ketones is 1. The number of piperazine rings is 1. The Morgan fingerprint density at radius 3 is 2.38 bits per heavy atom. The number of benzene rings is 2. The highest BCUT2D eigenvalue weighted by Gasteiger charge is 2.28. The van der Waals surface area contributed by atoms with Crippen LogP contribution < -0.4 is 10.2 Å². The summed E-state index contributed by atoms with van der Waals surface area (Å²) in [5, 5.41) is 3.86. The zero-order valence-electron chi connectivity index (χ0n) is 19.7. The minimum Gasteiger partial charge on any atom is -0.369 e. The minimum atomic E-state index is -0.0365. The van der Waals surface area contributed by atoms with Crippen LogP contribution in [0.25, 0.3) is 0 Å². The van der Waals surface area contributed by atoms with Gasteiger partial charge < -0.3 is 10.2 Å². The number of nitrogens with zero attached hydrogens (tertiary/aromatic N) is 2. The van der Waals surface area contributed by atoms with E-state index in [-0.39, 0.29) is 11.7 Å². The number of carbonyl (C=O) groups is 2. The molecule has 0 atom stereocenters. The Labute approximate surface area is 205 Å². The van der Waals surface area contributed by atoms with Crippen LogP contribution in [0.15, 0.2) is 54.6 Å². The summed E-state index contributed by atoms with van der Waals surface area (Å²) in [6, 6.07) is 18.1. The van der Waals surface area contributed by atoms with Crippen molar-refractivity contribution in [2.45, 2.75) is 32.6 Å². The Morgan fingerprint density at radius 1 is 0.912 bits per heavy atom. The van der Waals surface area contributed by atoms with Gasteiger partial charge in [0.1, 0.15) is 5.00 Å². The molecule has 2 aromatic carbocycles. The van der Waals surface area contributed by atoms with Crippen molar-refractivity contribution in [2.75, 3.05) is 42.9 Å². The van der Waals surface area contributed by atoms with Crippen molar-refractivity contribution in [1.29, 1.82) is 0 Å². The minimum absolute atomic E-state index is 0.0317. The zero-order chi connectivity index (χ0) is 23.5. The Kier molecular flexibility index (Phi) is 6.79. The summed E-state index contributed by atoms with van der Waals surface area (Å²) >= 11 is 1.60. The topological polar surface area (TPSA) is 52.7 Å². The number of carbonyl (C=O) groups excluding carboxylic acids is 2. The van der Waals surface area contributed by atoms with Crippen LogP contribution in [0.2, 0.25) is 0 Å². The number of thiophene rings is 1. The van der Waals surface area contributed by atoms with E-state index in [0.29, 0.717) is 6.54 Å². The lowest BCUT2D eigenvalue weighted by molar-refractivity contribution is -0.117. The second-order valence-electron chi connectivity index (χ2n) is 9.21. The molecule has 1 N–H and O–H groups in total. The second kappa shape index (κ2) is 10.1. The van der Waals surface area contributed by atoms with Gasteiger partial charge in [-0.05, 0) is 55.9 Å². The van der Waals surface area contributed by atoms with E-state index >= 15 is 0 Å². The monoisotopic (exact) mass is 473 g/mol. The fraction of sp³-hybridized carbons (Fsp3) is 0.357. The number of aryl methyl sites for hydroxylation is 2. The smallest absolute Gasteiger partial charge is 0.239 e. The van der Waals surface area contributed by atoms with Gasteiger partial charge in [0.2, 0.25) is 5.91 Å². The van der Waals surface area contributed by atoms with Crippen LogP contribution in [0.5, 0.6) is 0 Å². The summed E-state index contributed by atoms with van der Waals surface area (Å²) in [5.41, 5.74) is 4.79. The maximum absolute atomic E-state index is 13.6. The molecule has 1 aromatic heterocycles. The number of amides is 1. The van der Waals surface area contributed by atoms with Crippen LogP contribution in [0.3, 0.4) is 0 Å². The van der Waals surface area contributed by atoms with Crippen molar-refractivity contribution in [3.63, 3.8) is 0 Å². The summed E-state index contributed by atoms with van der Waals surface area (Å²) in [7, 11) is 0. The molecule has 1 fully saturated rings. The van der Waals surface area contributed by atoms with Crippen LogP contribution in [-0.4, -0.2) is 49.3 Å². The third-order valence-corrected chi connectivity index (χ3v) is 8.11. The lowest BCUT2D eigenvalue weighted by Crippen LogP contribution is -2.48.